The van der Waals surface area contributed by atoms with Gasteiger partial charge < -0.3 is 14.9 Å². The number of ether oxygens (including phenoxy) is 1. The Labute approximate surface area is 157 Å². The van der Waals surface area contributed by atoms with Gasteiger partial charge in [0.1, 0.15) is 11.5 Å². The lowest BCUT2D eigenvalue weighted by molar-refractivity contribution is 0.0234. The Bertz CT molecular complexity index is 1020. The van der Waals surface area contributed by atoms with E-state index in [0.717, 1.165) is 11.0 Å². The summed E-state index contributed by atoms with van der Waals surface area (Å²) in [5.74, 6) is -0.262. The molecule has 1 saturated heterocycles. The number of carbonyl (C=O) groups is 1. The van der Waals surface area contributed by atoms with Gasteiger partial charge in [-0.05, 0) is 29.5 Å². The SMILES string of the molecule is Cn1nnc(-c2ccc(-c3ccc(N4C(=O)O[C@@H](CO)C4O)cc3F)cn2)n1. The molecule has 144 valence electrons. The van der Waals surface area contributed by atoms with Crippen LogP contribution in [0.25, 0.3) is 22.6 Å². The van der Waals surface area contributed by atoms with Crippen molar-refractivity contribution in [2.24, 2.45) is 7.05 Å². The first-order chi connectivity index (χ1) is 13.5. The van der Waals surface area contributed by atoms with Crippen LogP contribution in [0.5, 0.6) is 0 Å². The van der Waals surface area contributed by atoms with E-state index < -0.39 is 30.8 Å². The van der Waals surface area contributed by atoms with Crippen LogP contribution in [0.15, 0.2) is 36.5 Å². The highest BCUT2D eigenvalue weighted by molar-refractivity contribution is 5.90. The molecular weight excluding hydrogens is 371 g/mol. The van der Waals surface area contributed by atoms with Gasteiger partial charge in [-0.1, -0.05) is 6.07 Å². The van der Waals surface area contributed by atoms with Crippen molar-refractivity contribution in [2.75, 3.05) is 11.5 Å². The normalized spacial score (nSPS) is 19.1. The van der Waals surface area contributed by atoms with E-state index in [1.165, 1.54) is 23.1 Å². The second kappa shape index (κ2) is 6.94. The predicted molar refractivity (Wildman–Crippen MR) is 93.3 cm³/mol. The molecule has 0 spiro atoms. The van der Waals surface area contributed by atoms with Crippen molar-refractivity contribution in [3.05, 3.63) is 42.3 Å². The van der Waals surface area contributed by atoms with Gasteiger partial charge in [0.05, 0.1) is 19.3 Å². The van der Waals surface area contributed by atoms with Crippen LogP contribution in [0.3, 0.4) is 0 Å². The van der Waals surface area contributed by atoms with Crippen LogP contribution >= 0.6 is 0 Å². The number of pyridine rings is 1. The highest BCUT2D eigenvalue weighted by atomic mass is 19.1. The first-order valence-corrected chi connectivity index (χ1v) is 8.27. The summed E-state index contributed by atoms with van der Waals surface area (Å²) < 4.78 is 19.5. The maximum Gasteiger partial charge on any atom is 0.417 e. The van der Waals surface area contributed by atoms with Crippen LogP contribution in [-0.2, 0) is 11.8 Å². The van der Waals surface area contributed by atoms with Gasteiger partial charge in [0.25, 0.3) is 0 Å². The standard InChI is InChI=1S/C17H15FN6O4/c1-23-21-15(20-22-23)13-5-2-9(7-19-13)11-4-3-10(6-12(11)18)24-16(26)14(8-25)28-17(24)27/h2-7,14,16,25-26H,8H2,1H3/t14-,16?/m0/s1. The number of nitrogens with zero attached hydrogens (tertiary/aromatic N) is 6. The molecule has 11 heteroatoms. The van der Waals surface area contributed by atoms with Crippen LogP contribution in [0.2, 0.25) is 0 Å². The molecule has 2 aromatic heterocycles. The third-order valence-electron chi connectivity index (χ3n) is 4.27. The number of anilines is 1. The van der Waals surface area contributed by atoms with Crippen molar-refractivity contribution in [1.82, 2.24) is 25.2 Å². The van der Waals surface area contributed by atoms with E-state index in [9.17, 15) is 14.3 Å². The summed E-state index contributed by atoms with van der Waals surface area (Å²) in [5, 5.41) is 30.8. The molecule has 2 atom stereocenters. The zero-order valence-corrected chi connectivity index (χ0v) is 14.6. The van der Waals surface area contributed by atoms with Gasteiger partial charge in [-0.2, -0.15) is 4.80 Å². The zero-order valence-electron chi connectivity index (χ0n) is 14.6. The molecule has 1 fully saturated rings. The summed E-state index contributed by atoms with van der Waals surface area (Å²) in [7, 11) is 1.64. The molecule has 1 unspecified atom stereocenters. The molecule has 10 nitrogen and oxygen atoms in total. The Morgan fingerprint density at radius 2 is 2.11 bits per heavy atom. The molecule has 28 heavy (non-hydrogen) atoms. The minimum atomic E-state index is -1.40. The smallest absolute Gasteiger partial charge is 0.417 e. The average molecular weight is 386 g/mol. The molecule has 3 heterocycles. The summed E-state index contributed by atoms with van der Waals surface area (Å²) >= 11 is 0. The molecule has 4 rings (SSSR count). The lowest BCUT2D eigenvalue weighted by atomic mass is 10.1. The highest BCUT2D eigenvalue weighted by Crippen LogP contribution is 2.31. The van der Waals surface area contributed by atoms with Gasteiger partial charge in [-0.3, -0.25) is 4.98 Å². The van der Waals surface area contributed by atoms with Crippen molar-refractivity contribution in [1.29, 1.82) is 0 Å². The van der Waals surface area contributed by atoms with Crippen LogP contribution in [0.4, 0.5) is 14.9 Å². The molecule has 1 aliphatic heterocycles. The fourth-order valence-corrected chi connectivity index (χ4v) is 2.87. The first-order valence-electron chi connectivity index (χ1n) is 8.27. The van der Waals surface area contributed by atoms with Crippen LogP contribution < -0.4 is 4.90 Å². The number of tetrazole rings is 1. The van der Waals surface area contributed by atoms with E-state index in [1.807, 2.05) is 0 Å². The van der Waals surface area contributed by atoms with Gasteiger partial charge in [0, 0.05) is 17.3 Å². The van der Waals surface area contributed by atoms with Gasteiger partial charge >= 0.3 is 6.09 Å². The Balaban J connectivity index is 1.61. The molecule has 0 radical (unpaired) electrons. The summed E-state index contributed by atoms with van der Waals surface area (Å²) in [6, 6.07) is 7.36. The predicted octanol–water partition coefficient (Wildman–Crippen LogP) is 0.714. The maximum absolute atomic E-state index is 14.7. The van der Waals surface area contributed by atoms with E-state index in [-0.39, 0.29) is 11.3 Å². The summed E-state index contributed by atoms with van der Waals surface area (Å²) in [5.41, 5.74) is 1.38. The van der Waals surface area contributed by atoms with E-state index in [4.69, 9.17) is 9.84 Å². The Morgan fingerprint density at radius 1 is 1.29 bits per heavy atom. The minimum absolute atomic E-state index is 0.114. The third kappa shape index (κ3) is 3.06. The average Bonchev–Trinajstić information content (AvgIpc) is 3.24. The fourth-order valence-electron chi connectivity index (χ4n) is 2.87. The van der Waals surface area contributed by atoms with Gasteiger partial charge in [-0.25, -0.2) is 14.1 Å². The number of aliphatic hydroxyl groups is 2. The lowest BCUT2D eigenvalue weighted by Gasteiger charge is -2.19. The first kappa shape index (κ1) is 17.9. The van der Waals surface area contributed by atoms with E-state index >= 15 is 0 Å². The largest absolute Gasteiger partial charge is 0.438 e. The minimum Gasteiger partial charge on any atom is -0.438 e. The quantitative estimate of drug-likeness (QED) is 0.671. The molecule has 1 aromatic carbocycles. The highest BCUT2D eigenvalue weighted by Gasteiger charge is 2.41. The van der Waals surface area contributed by atoms with Crippen molar-refractivity contribution < 1.29 is 24.1 Å². The van der Waals surface area contributed by atoms with Crippen LogP contribution in [-0.4, -0.2) is 60.4 Å². The molecule has 1 amide bonds. The van der Waals surface area contributed by atoms with Crippen molar-refractivity contribution in [3.8, 4) is 22.6 Å². The van der Waals surface area contributed by atoms with Gasteiger partial charge in [-0.15, -0.1) is 10.2 Å². The number of rotatable bonds is 4. The second-order valence-electron chi connectivity index (χ2n) is 6.09. The molecule has 3 aromatic rings. The van der Waals surface area contributed by atoms with E-state index in [1.54, 1.807) is 19.2 Å². The number of amides is 1. The Morgan fingerprint density at radius 3 is 2.68 bits per heavy atom. The Kier molecular flexibility index (Phi) is 4.45. The molecule has 1 aliphatic rings. The number of aromatic nitrogens is 5. The van der Waals surface area contributed by atoms with Crippen LogP contribution in [0.1, 0.15) is 0 Å². The lowest BCUT2D eigenvalue weighted by Crippen LogP contribution is -2.37. The number of hydrogen-bond acceptors (Lipinski definition) is 8. The molecular formula is C17H15FN6O4. The van der Waals surface area contributed by atoms with Gasteiger partial charge in [0.2, 0.25) is 5.82 Å². The number of aliphatic hydroxyl groups excluding tert-OH is 2. The summed E-state index contributed by atoms with van der Waals surface area (Å²) in [4.78, 5) is 18.3. The van der Waals surface area contributed by atoms with E-state index in [2.05, 4.69) is 20.4 Å². The Hall–Kier alpha value is -3.44. The number of carbonyl (C=O) groups excluding carboxylic acids is 1. The van der Waals surface area contributed by atoms with Crippen molar-refractivity contribution in [2.45, 2.75) is 12.3 Å². The summed E-state index contributed by atoms with van der Waals surface area (Å²) in [6.45, 7) is -0.539. The van der Waals surface area contributed by atoms with E-state index in [0.29, 0.717) is 17.1 Å². The molecule has 0 aliphatic carbocycles. The topological polar surface area (TPSA) is 126 Å². The monoisotopic (exact) mass is 386 g/mol. The number of benzene rings is 1. The maximum atomic E-state index is 14.7. The van der Waals surface area contributed by atoms with Crippen molar-refractivity contribution >= 4 is 11.8 Å². The summed E-state index contributed by atoms with van der Waals surface area (Å²) in [6.07, 6.45) is -1.86. The molecule has 2 N–H and O–H groups in total. The molecule has 0 bridgehead atoms. The van der Waals surface area contributed by atoms with Gasteiger partial charge in [0.15, 0.2) is 12.3 Å². The second-order valence-corrected chi connectivity index (χ2v) is 6.09. The number of halogens is 1. The number of hydrogen-bond donors (Lipinski definition) is 2. The fraction of sp³-hybridized carbons (Fsp3) is 0.235. The van der Waals surface area contributed by atoms with Crippen molar-refractivity contribution in [3.63, 3.8) is 0 Å². The molecule has 0 saturated carbocycles. The third-order valence-corrected chi connectivity index (χ3v) is 4.27. The van der Waals surface area contributed by atoms with Crippen LogP contribution in [0, 0.1) is 5.82 Å². The number of cyclic esters (lactones) is 1. The zero-order chi connectivity index (χ0) is 19.8. The number of aryl methyl sites for hydroxylation is 1.